The summed E-state index contributed by atoms with van der Waals surface area (Å²) < 4.78 is 6.04. The van der Waals surface area contributed by atoms with Crippen LogP contribution < -0.4 is 5.32 Å². The maximum absolute atomic E-state index is 6.04. The SMILES string of the molecule is C1CCC2(C1)CC(NCC1CC1)CCO2. The molecule has 0 radical (unpaired) electrons. The quantitative estimate of drug-likeness (QED) is 0.771. The van der Waals surface area contributed by atoms with Gasteiger partial charge in [-0.2, -0.15) is 0 Å². The van der Waals surface area contributed by atoms with Crippen LogP contribution in [0.4, 0.5) is 0 Å². The zero-order valence-electron chi connectivity index (χ0n) is 9.63. The van der Waals surface area contributed by atoms with Crippen molar-refractivity contribution in [3.63, 3.8) is 0 Å². The minimum absolute atomic E-state index is 0.291. The van der Waals surface area contributed by atoms with Gasteiger partial charge in [-0.25, -0.2) is 0 Å². The molecule has 3 aliphatic rings. The molecular formula is C13H23NO. The van der Waals surface area contributed by atoms with Crippen molar-refractivity contribution in [3.05, 3.63) is 0 Å². The Bertz CT molecular complexity index is 219. The number of hydrogen-bond donors (Lipinski definition) is 1. The lowest BCUT2D eigenvalue weighted by Gasteiger charge is -2.38. The van der Waals surface area contributed by atoms with E-state index in [0.717, 1.165) is 18.6 Å². The highest BCUT2D eigenvalue weighted by Crippen LogP contribution is 2.40. The molecule has 2 aliphatic carbocycles. The smallest absolute Gasteiger partial charge is 0.0697 e. The van der Waals surface area contributed by atoms with Gasteiger partial charge in [-0.05, 0) is 51.0 Å². The van der Waals surface area contributed by atoms with Gasteiger partial charge in [-0.1, -0.05) is 12.8 Å². The van der Waals surface area contributed by atoms with Crippen LogP contribution >= 0.6 is 0 Å². The van der Waals surface area contributed by atoms with Crippen LogP contribution in [0.1, 0.15) is 51.4 Å². The molecule has 1 unspecified atom stereocenters. The first-order valence-corrected chi connectivity index (χ1v) is 6.74. The van der Waals surface area contributed by atoms with Crippen molar-refractivity contribution in [1.82, 2.24) is 5.32 Å². The molecule has 0 amide bonds. The molecule has 1 N–H and O–H groups in total. The molecule has 2 heteroatoms. The third kappa shape index (κ3) is 2.36. The summed E-state index contributed by atoms with van der Waals surface area (Å²) in [5.74, 6) is 1.01. The Labute approximate surface area is 92.8 Å². The first kappa shape index (κ1) is 10.1. The fourth-order valence-electron chi connectivity index (χ4n) is 3.23. The first-order valence-electron chi connectivity index (χ1n) is 6.74. The first-order chi connectivity index (χ1) is 7.36. The Kier molecular flexibility index (Phi) is 2.73. The molecule has 1 atom stereocenters. The van der Waals surface area contributed by atoms with Gasteiger partial charge in [0.25, 0.3) is 0 Å². The second kappa shape index (κ2) is 4.06. The second-order valence-corrected chi connectivity index (χ2v) is 5.78. The fourth-order valence-corrected chi connectivity index (χ4v) is 3.23. The van der Waals surface area contributed by atoms with Gasteiger partial charge in [0.2, 0.25) is 0 Å². The van der Waals surface area contributed by atoms with Crippen LogP contribution in [0, 0.1) is 5.92 Å². The molecule has 1 heterocycles. The largest absolute Gasteiger partial charge is 0.375 e. The van der Waals surface area contributed by atoms with Crippen molar-refractivity contribution in [2.45, 2.75) is 63.0 Å². The van der Waals surface area contributed by atoms with Gasteiger partial charge in [0.05, 0.1) is 5.60 Å². The standard InChI is InChI=1S/C13H23NO/c1-2-7-13(6-1)9-12(5-8-15-13)14-10-11-3-4-11/h11-12,14H,1-10H2. The van der Waals surface area contributed by atoms with E-state index in [0.29, 0.717) is 5.60 Å². The summed E-state index contributed by atoms with van der Waals surface area (Å²) in [5.41, 5.74) is 0.291. The molecule has 0 aromatic heterocycles. The van der Waals surface area contributed by atoms with Crippen molar-refractivity contribution < 1.29 is 4.74 Å². The third-order valence-electron chi connectivity index (χ3n) is 4.40. The van der Waals surface area contributed by atoms with Gasteiger partial charge in [0.15, 0.2) is 0 Å². The summed E-state index contributed by atoms with van der Waals surface area (Å²) in [6, 6.07) is 0.748. The predicted octanol–water partition coefficient (Wildman–Crippen LogP) is 2.48. The zero-order valence-corrected chi connectivity index (χ0v) is 9.63. The average molecular weight is 209 g/mol. The molecule has 0 bridgehead atoms. The summed E-state index contributed by atoms with van der Waals surface area (Å²) >= 11 is 0. The number of nitrogens with one attached hydrogen (secondary N) is 1. The van der Waals surface area contributed by atoms with Crippen molar-refractivity contribution in [1.29, 1.82) is 0 Å². The molecule has 1 aliphatic heterocycles. The van der Waals surface area contributed by atoms with Gasteiger partial charge in [-0.15, -0.1) is 0 Å². The Morgan fingerprint density at radius 3 is 2.67 bits per heavy atom. The second-order valence-electron chi connectivity index (χ2n) is 5.78. The molecule has 2 nitrogen and oxygen atoms in total. The normalized spacial score (nSPS) is 34.8. The maximum atomic E-state index is 6.04. The van der Waals surface area contributed by atoms with Gasteiger partial charge < -0.3 is 10.1 Å². The molecule has 1 spiro atoms. The van der Waals surface area contributed by atoms with Crippen molar-refractivity contribution in [2.75, 3.05) is 13.2 Å². The number of ether oxygens (including phenoxy) is 1. The lowest BCUT2D eigenvalue weighted by Crippen LogP contribution is -2.46. The highest BCUT2D eigenvalue weighted by molar-refractivity contribution is 4.94. The van der Waals surface area contributed by atoms with Crippen molar-refractivity contribution >= 4 is 0 Å². The number of hydrogen-bond acceptors (Lipinski definition) is 2. The van der Waals surface area contributed by atoms with Gasteiger partial charge >= 0.3 is 0 Å². The molecule has 15 heavy (non-hydrogen) atoms. The fraction of sp³-hybridized carbons (Fsp3) is 1.00. The predicted molar refractivity (Wildman–Crippen MR) is 60.9 cm³/mol. The van der Waals surface area contributed by atoms with Crippen LogP contribution in [0.5, 0.6) is 0 Å². The molecular weight excluding hydrogens is 186 g/mol. The highest BCUT2D eigenvalue weighted by atomic mass is 16.5. The van der Waals surface area contributed by atoms with E-state index in [-0.39, 0.29) is 0 Å². The topological polar surface area (TPSA) is 21.3 Å². The van der Waals surface area contributed by atoms with Gasteiger partial charge in [0.1, 0.15) is 0 Å². The number of rotatable bonds is 3. The van der Waals surface area contributed by atoms with E-state index in [9.17, 15) is 0 Å². The van der Waals surface area contributed by atoms with E-state index in [1.807, 2.05) is 0 Å². The molecule has 1 saturated heterocycles. The van der Waals surface area contributed by atoms with Crippen molar-refractivity contribution in [3.8, 4) is 0 Å². The summed E-state index contributed by atoms with van der Waals surface area (Å²) in [6.07, 6.45) is 10.8. The van der Waals surface area contributed by atoms with Crippen LogP contribution in [0.25, 0.3) is 0 Å². The zero-order chi connectivity index (χ0) is 10.1. The van der Waals surface area contributed by atoms with E-state index >= 15 is 0 Å². The van der Waals surface area contributed by atoms with E-state index in [1.165, 1.54) is 57.9 Å². The molecule has 0 aromatic rings. The van der Waals surface area contributed by atoms with Crippen LogP contribution in [-0.2, 0) is 4.74 Å². The Morgan fingerprint density at radius 1 is 1.13 bits per heavy atom. The highest BCUT2D eigenvalue weighted by Gasteiger charge is 2.39. The molecule has 86 valence electrons. The Morgan fingerprint density at radius 2 is 1.93 bits per heavy atom. The summed E-state index contributed by atoms with van der Waals surface area (Å²) in [6.45, 7) is 2.25. The molecule has 0 aromatic carbocycles. The monoisotopic (exact) mass is 209 g/mol. The van der Waals surface area contributed by atoms with Crippen LogP contribution in [0.3, 0.4) is 0 Å². The minimum atomic E-state index is 0.291. The Balaban J connectivity index is 1.51. The van der Waals surface area contributed by atoms with Crippen molar-refractivity contribution in [2.24, 2.45) is 5.92 Å². The lowest BCUT2D eigenvalue weighted by molar-refractivity contribution is -0.0836. The molecule has 3 rings (SSSR count). The minimum Gasteiger partial charge on any atom is -0.375 e. The Hall–Kier alpha value is -0.0800. The summed E-state index contributed by atoms with van der Waals surface area (Å²) in [4.78, 5) is 0. The van der Waals surface area contributed by atoms with E-state index in [4.69, 9.17) is 4.74 Å². The summed E-state index contributed by atoms with van der Waals surface area (Å²) in [7, 11) is 0. The average Bonchev–Trinajstić information content (AvgIpc) is 2.99. The van der Waals surface area contributed by atoms with Crippen LogP contribution in [0.15, 0.2) is 0 Å². The van der Waals surface area contributed by atoms with Crippen LogP contribution in [0.2, 0.25) is 0 Å². The van der Waals surface area contributed by atoms with Crippen LogP contribution in [-0.4, -0.2) is 24.8 Å². The van der Waals surface area contributed by atoms with E-state index < -0.39 is 0 Å². The molecule has 3 fully saturated rings. The maximum Gasteiger partial charge on any atom is 0.0697 e. The third-order valence-corrected chi connectivity index (χ3v) is 4.40. The molecule has 2 saturated carbocycles. The van der Waals surface area contributed by atoms with E-state index in [1.54, 1.807) is 0 Å². The summed E-state index contributed by atoms with van der Waals surface area (Å²) in [5, 5.41) is 3.75. The van der Waals surface area contributed by atoms with Gasteiger partial charge in [0, 0.05) is 12.6 Å². The van der Waals surface area contributed by atoms with E-state index in [2.05, 4.69) is 5.32 Å². The van der Waals surface area contributed by atoms with Gasteiger partial charge in [-0.3, -0.25) is 0 Å². The lowest BCUT2D eigenvalue weighted by atomic mass is 9.89.